The molecule has 5 nitrogen and oxygen atoms in total. The molecule has 136 valence electrons. The predicted octanol–water partition coefficient (Wildman–Crippen LogP) is 1.43. The zero-order valence-corrected chi connectivity index (χ0v) is 15.7. The van der Waals surface area contributed by atoms with Crippen LogP contribution < -0.4 is 5.73 Å². The number of nitrogens with two attached hydrogens (primary N) is 1. The molecule has 0 aliphatic carbocycles. The summed E-state index contributed by atoms with van der Waals surface area (Å²) in [6, 6.07) is 8.01. The second-order valence-electron chi connectivity index (χ2n) is 6.47. The van der Waals surface area contributed by atoms with E-state index in [-0.39, 0.29) is 36.8 Å². The van der Waals surface area contributed by atoms with Crippen molar-refractivity contribution in [1.82, 2.24) is 9.80 Å². The highest BCUT2D eigenvalue weighted by Crippen LogP contribution is 2.21. The maximum absolute atomic E-state index is 12.9. The van der Waals surface area contributed by atoms with E-state index >= 15 is 0 Å². The summed E-state index contributed by atoms with van der Waals surface area (Å²) in [6.07, 6.45) is 0.849. The van der Waals surface area contributed by atoms with Crippen molar-refractivity contribution in [2.75, 3.05) is 46.4 Å². The summed E-state index contributed by atoms with van der Waals surface area (Å²) in [4.78, 5) is 17.2. The monoisotopic (exact) mass is 375 g/mol. The van der Waals surface area contributed by atoms with Crippen molar-refractivity contribution in [3.63, 3.8) is 0 Å². The van der Waals surface area contributed by atoms with Crippen LogP contribution in [0.3, 0.4) is 0 Å². The van der Waals surface area contributed by atoms with Gasteiger partial charge in [-0.05, 0) is 37.7 Å². The summed E-state index contributed by atoms with van der Waals surface area (Å²) in [5.41, 5.74) is 7.51. The van der Waals surface area contributed by atoms with Gasteiger partial charge in [0, 0.05) is 31.1 Å². The minimum atomic E-state index is 0. The summed E-state index contributed by atoms with van der Waals surface area (Å²) in [7, 11) is 2.13. The molecule has 3 rings (SSSR count). The predicted molar refractivity (Wildman–Crippen MR) is 100 cm³/mol. The number of benzene rings is 1. The molecule has 24 heavy (non-hydrogen) atoms. The molecule has 7 heteroatoms. The Bertz CT molecular complexity index is 527. The second kappa shape index (κ2) is 9.59. The molecular formula is C17H27Cl2N3O2. The van der Waals surface area contributed by atoms with Gasteiger partial charge in [-0.25, -0.2) is 0 Å². The standard InChI is InChI=1S/C17H25N3O2.2ClH/c1-19-8-14-9-20(16(10-19)12-22-11-14)17(21)15-4-2-13(3-5-15)6-7-18;;/h2-5,14,16H,6-12,18H2,1H3;2*1H/t14-,16-;;/m0../s1. The van der Waals surface area contributed by atoms with Crippen molar-refractivity contribution < 1.29 is 9.53 Å². The van der Waals surface area contributed by atoms with Gasteiger partial charge in [0.2, 0.25) is 0 Å². The molecular weight excluding hydrogens is 349 g/mol. The van der Waals surface area contributed by atoms with Crippen molar-refractivity contribution in [3.05, 3.63) is 35.4 Å². The Kier molecular flexibility index (Phi) is 8.46. The fraction of sp³-hybridized carbons (Fsp3) is 0.588. The molecule has 2 saturated heterocycles. The normalized spacial score (nSPS) is 23.7. The average Bonchev–Trinajstić information content (AvgIpc) is 2.78. The molecule has 0 unspecified atom stereocenters. The molecule has 2 fully saturated rings. The third-order valence-electron chi connectivity index (χ3n) is 4.55. The number of rotatable bonds is 3. The molecule has 1 aromatic carbocycles. The summed E-state index contributed by atoms with van der Waals surface area (Å²) in [6.45, 7) is 4.69. The number of amides is 1. The molecule has 2 bridgehead atoms. The Balaban J connectivity index is 0.00000144. The molecule has 2 heterocycles. The van der Waals surface area contributed by atoms with Crippen LogP contribution in [0.2, 0.25) is 0 Å². The first-order valence-corrected chi connectivity index (χ1v) is 8.03. The molecule has 0 radical (unpaired) electrons. The Morgan fingerprint density at radius 1 is 1.17 bits per heavy atom. The molecule has 0 saturated carbocycles. The van der Waals surface area contributed by atoms with Gasteiger partial charge >= 0.3 is 0 Å². The van der Waals surface area contributed by atoms with E-state index in [2.05, 4.69) is 11.9 Å². The van der Waals surface area contributed by atoms with Gasteiger partial charge in [-0.2, -0.15) is 0 Å². The summed E-state index contributed by atoms with van der Waals surface area (Å²) >= 11 is 0. The van der Waals surface area contributed by atoms with Crippen LogP contribution in [-0.2, 0) is 11.2 Å². The zero-order valence-electron chi connectivity index (χ0n) is 14.0. The maximum Gasteiger partial charge on any atom is 0.254 e. The van der Waals surface area contributed by atoms with E-state index in [9.17, 15) is 4.79 Å². The number of carbonyl (C=O) groups is 1. The first kappa shape index (κ1) is 21.2. The number of ether oxygens (including phenoxy) is 1. The fourth-order valence-corrected chi connectivity index (χ4v) is 3.47. The van der Waals surface area contributed by atoms with Crippen LogP contribution in [0.4, 0.5) is 0 Å². The van der Waals surface area contributed by atoms with Crippen LogP contribution >= 0.6 is 24.8 Å². The minimum Gasteiger partial charge on any atom is -0.379 e. The minimum absolute atomic E-state index is 0. The van der Waals surface area contributed by atoms with Crippen LogP contribution in [0.5, 0.6) is 0 Å². The van der Waals surface area contributed by atoms with Crippen molar-refractivity contribution >= 4 is 30.7 Å². The molecule has 1 aromatic rings. The topological polar surface area (TPSA) is 58.8 Å². The Hall–Kier alpha value is -0.850. The first-order valence-electron chi connectivity index (χ1n) is 8.03. The van der Waals surface area contributed by atoms with E-state index < -0.39 is 0 Å². The van der Waals surface area contributed by atoms with Crippen molar-refractivity contribution in [2.24, 2.45) is 11.7 Å². The van der Waals surface area contributed by atoms with Gasteiger partial charge in [-0.3, -0.25) is 4.79 Å². The van der Waals surface area contributed by atoms with Crippen LogP contribution in [0.15, 0.2) is 24.3 Å². The van der Waals surface area contributed by atoms with E-state index in [1.807, 2.05) is 29.2 Å². The summed E-state index contributed by atoms with van der Waals surface area (Å²) in [5, 5.41) is 0. The average molecular weight is 376 g/mol. The largest absolute Gasteiger partial charge is 0.379 e. The molecule has 0 aromatic heterocycles. The maximum atomic E-state index is 12.9. The molecule has 0 spiro atoms. The molecule has 2 N–H and O–H groups in total. The van der Waals surface area contributed by atoms with Gasteiger partial charge in [-0.15, -0.1) is 24.8 Å². The zero-order chi connectivity index (χ0) is 15.5. The van der Waals surface area contributed by atoms with Crippen LogP contribution in [0.25, 0.3) is 0 Å². The number of nitrogens with zero attached hydrogens (tertiary/aromatic N) is 2. The number of halogens is 2. The summed E-state index contributed by atoms with van der Waals surface area (Å²) in [5.74, 6) is 0.521. The van der Waals surface area contributed by atoms with Gasteiger partial charge in [0.25, 0.3) is 5.91 Å². The lowest BCUT2D eigenvalue weighted by molar-refractivity contribution is 0.0483. The molecule has 2 aliphatic heterocycles. The van der Waals surface area contributed by atoms with Gasteiger partial charge in [-0.1, -0.05) is 12.1 Å². The molecule has 2 atom stereocenters. The fourth-order valence-electron chi connectivity index (χ4n) is 3.47. The highest BCUT2D eigenvalue weighted by Gasteiger charge is 2.34. The van der Waals surface area contributed by atoms with Gasteiger partial charge < -0.3 is 20.3 Å². The highest BCUT2D eigenvalue weighted by molar-refractivity contribution is 5.94. The number of hydrogen-bond donors (Lipinski definition) is 1. The van der Waals surface area contributed by atoms with Crippen molar-refractivity contribution in [1.29, 1.82) is 0 Å². The smallest absolute Gasteiger partial charge is 0.254 e. The van der Waals surface area contributed by atoms with Gasteiger partial charge in [0.1, 0.15) is 0 Å². The van der Waals surface area contributed by atoms with Crippen LogP contribution in [0, 0.1) is 5.92 Å². The number of carbonyl (C=O) groups excluding carboxylic acids is 1. The lowest BCUT2D eigenvalue weighted by atomic mass is 10.1. The SMILES string of the molecule is CN1C[C@@H]2COC[C@H](C1)N(C(=O)c1ccc(CCN)cc1)C2.Cl.Cl. The summed E-state index contributed by atoms with van der Waals surface area (Å²) < 4.78 is 5.74. The van der Waals surface area contributed by atoms with Crippen LogP contribution in [0.1, 0.15) is 15.9 Å². The Morgan fingerprint density at radius 2 is 1.88 bits per heavy atom. The second-order valence-corrected chi connectivity index (χ2v) is 6.47. The third-order valence-corrected chi connectivity index (χ3v) is 4.55. The highest BCUT2D eigenvalue weighted by atomic mass is 35.5. The number of likely N-dealkylation sites (N-methyl/N-ethyl adjacent to an activating group) is 1. The number of hydrogen-bond acceptors (Lipinski definition) is 4. The quantitative estimate of drug-likeness (QED) is 0.867. The molecule has 2 aliphatic rings. The Labute approximate surface area is 156 Å². The Morgan fingerprint density at radius 3 is 2.54 bits per heavy atom. The third kappa shape index (κ3) is 4.83. The lowest BCUT2D eigenvalue weighted by Gasteiger charge is -2.29. The van der Waals surface area contributed by atoms with Crippen molar-refractivity contribution in [2.45, 2.75) is 12.5 Å². The van der Waals surface area contributed by atoms with E-state index in [1.54, 1.807) is 0 Å². The number of fused-ring (bicyclic) bond motifs is 3. The van der Waals surface area contributed by atoms with Gasteiger partial charge in [0.15, 0.2) is 0 Å². The molecule has 1 amide bonds. The lowest BCUT2D eigenvalue weighted by Crippen LogP contribution is -2.45. The van der Waals surface area contributed by atoms with E-state index in [0.717, 1.165) is 38.2 Å². The van der Waals surface area contributed by atoms with E-state index in [0.29, 0.717) is 19.1 Å². The van der Waals surface area contributed by atoms with E-state index in [1.165, 1.54) is 5.56 Å². The van der Waals surface area contributed by atoms with Crippen molar-refractivity contribution in [3.8, 4) is 0 Å². The van der Waals surface area contributed by atoms with E-state index in [4.69, 9.17) is 10.5 Å². The first-order chi connectivity index (χ1) is 10.7. The van der Waals surface area contributed by atoms with Gasteiger partial charge in [0.05, 0.1) is 19.3 Å². The van der Waals surface area contributed by atoms with Crippen LogP contribution in [-0.4, -0.2) is 68.2 Å².